The highest BCUT2D eigenvalue weighted by Gasteiger charge is 2.42. The summed E-state index contributed by atoms with van der Waals surface area (Å²) in [6, 6.07) is 4.23. The van der Waals surface area contributed by atoms with Gasteiger partial charge in [0.05, 0.1) is 0 Å². The van der Waals surface area contributed by atoms with Crippen LogP contribution in [-0.4, -0.2) is 46.5 Å². The Morgan fingerprint density at radius 2 is 1.68 bits per heavy atom. The number of hydrogen-bond acceptors (Lipinski definition) is 4. The van der Waals surface area contributed by atoms with Crippen LogP contribution >= 0.6 is 0 Å². The van der Waals surface area contributed by atoms with E-state index in [4.69, 9.17) is 4.74 Å². The average Bonchev–Trinajstić information content (AvgIpc) is 2.71. The summed E-state index contributed by atoms with van der Waals surface area (Å²) in [5.74, 6) is -0.559. The summed E-state index contributed by atoms with van der Waals surface area (Å²) < 4.78 is 5.34. The van der Waals surface area contributed by atoms with E-state index >= 15 is 0 Å². The minimum atomic E-state index is -0.878. The SMILES string of the molecule is CCCCNC(=O)C(c1cc(C)ccc1C)N(C(=O)C(C)NC(=O)OC(C)(C)C)C(C)(C)CC. The van der Waals surface area contributed by atoms with Crippen LogP contribution in [0.15, 0.2) is 18.2 Å². The second kappa shape index (κ2) is 12.2. The maximum absolute atomic E-state index is 13.9. The van der Waals surface area contributed by atoms with Crippen molar-refractivity contribution in [1.29, 1.82) is 0 Å². The van der Waals surface area contributed by atoms with Gasteiger partial charge in [-0.1, -0.05) is 44.0 Å². The van der Waals surface area contributed by atoms with E-state index in [9.17, 15) is 14.4 Å². The Hall–Kier alpha value is -2.57. The van der Waals surface area contributed by atoms with Crippen LogP contribution < -0.4 is 10.6 Å². The lowest BCUT2D eigenvalue weighted by Crippen LogP contribution is -2.58. The molecule has 0 saturated carbocycles. The Morgan fingerprint density at radius 3 is 2.21 bits per heavy atom. The molecule has 34 heavy (non-hydrogen) atoms. The molecular formula is C27H45N3O4. The van der Waals surface area contributed by atoms with Gasteiger partial charge in [0.15, 0.2) is 0 Å². The molecular weight excluding hydrogens is 430 g/mol. The van der Waals surface area contributed by atoms with Crippen molar-refractivity contribution >= 4 is 17.9 Å². The van der Waals surface area contributed by atoms with Crippen LogP contribution in [0.5, 0.6) is 0 Å². The zero-order valence-corrected chi connectivity index (χ0v) is 22.8. The first-order valence-electron chi connectivity index (χ1n) is 12.3. The lowest BCUT2D eigenvalue weighted by atomic mass is 9.90. The first-order valence-corrected chi connectivity index (χ1v) is 12.3. The minimum Gasteiger partial charge on any atom is -0.444 e. The lowest BCUT2D eigenvalue weighted by Gasteiger charge is -2.44. The molecule has 0 aliphatic heterocycles. The van der Waals surface area contributed by atoms with Gasteiger partial charge in [-0.05, 0) is 79.4 Å². The largest absolute Gasteiger partial charge is 0.444 e. The molecule has 0 bridgehead atoms. The molecule has 3 amide bonds. The van der Waals surface area contributed by atoms with Crippen molar-refractivity contribution in [2.75, 3.05) is 6.54 Å². The number of unbranched alkanes of at least 4 members (excludes halogenated alkanes) is 1. The van der Waals surface area contributed by atoms with Crippen LogP contribution in [-0.2, 0) is 14.3 Å². The zero-order valence-electron chi connectivity index (χ0n) is 22.8. The normalized spacial score (nSPS) is 13.6. The van der Waals surface area contributed by atoms with Crippen molar-refractivity contribution in [3.8, 4) is 0 Å². The number of amides is 3. The van der Waals surface area contributed by atoms with E-state index in [-0.39, 0.29) is 11.8 Å². The lowest BCUT2D eigenvalue weighted by molar-refractivity contribution is -0.149. The Kier molecular flexibility index (Phi) is 10.6. The zero-order chi connectivity index (χ0) is 26.3. The van der Waals surface area contributed by atoms with Gasteiger partial charge in [-0.15, -0.1) is 0 Å². The summed E-state index contributed by atoms with van der Waals surface area (Å²) >= 11 is 0. The predicted octanol–water partition coefficient (Wildman–Crippen LogP) is 5.19. The first kappa shape index (κ1) is 29.5. The molecule has 0 saturated heterocycles. The van der Waals surface area contributed by atoms with Gasteiger partial charge in [0, 0.05) is 12.1 Å². The highest BCUT2D eigenvalue weighted by Crippen LogP contribution is 2.34. The molecule has 0 aromatic heterocycles. The molecule has 0 heterocycles. The molecule has 0 aliphatic rings. The maximum Gasteiger partial charge on any atom is 0.408 e. The molecule has 1 rings (SSSR count). The number of nitrogens with one attached hydrogen (secondary N) is 2. The Labute approximate surface area is 206 Å². The van der Waals surface area contributed by atoms with E-state index in [1.807, 2.05) is 52.8 Å². The van der Waals surface area contributed by atoms with Gasteiger partial charge in [0.1, 0.15) is 17.7 Å². The summed E-state index contributed by atoms with van der Waals surface area (Å²) in [4.78, 5) is 41.5. The van der Waals surface area contributed by atoms with Crippen molar-refractivity contribution in [2.45, 2.75) is 112 Å². The third-order valence-electron chi connectivity index (χ3n) is 5.92. The van der Waals surface area contributed by atoms with Gasteiger partial charge in [-0.25, -0.2) is 4.79 Å². The number of nitrogens with zero attached hydrogens (tertiary/aromatic N) is 1. The van der Waals surface area contributed by atoms with E-state index in [1.54, 1.807) is 32.6 Å². The number of ether oxygens (including phenoxy) is 1. The smallest absolute Gasteiger partial charge is 0.408 e. The molecule has 0 aliphatic carbocycles. The van der Waals surface area contributed by atoms with Crippen molar-refractivity contribution < 1.29 is 19.1 Å². The number of hydrogen-bond donors (Lipinski definition) is 2. The molecule has 192 valence electrons. The monoisotopic (exact) mass is 475 g/mol. The maximum atomic E-state index is 13.9. The fraction of sp³-hybridized carbons (Fsp3) is 0.667. The number of carbonyl (C=O) groups excluding carboxylic acids is 3. The summed E-state index contributed by atoms with van der Waals surface area (Å²) in [6.45, 7) is 19.3. The molecule has 2 atom stereocenters. The van der Waals surface area contributed by atoms with Crippen LogP contribution in [0.4, 0.5) is 4.79 Å². The highest BCUT2D eigenvalue weighted by atomic mass is 16.6. The number of aryl methyl sites for hydroxylation is 2. The summed E-state index contributed by atoms with van der Waals surface area (Å²) in [5.41, 5.74) is 1.39. The van der Waals surface area contributed by atoms with Crippen molar-refractivity contribution in [1.82, 2.24) is 15.5 Å². The minimum absolute atomic E-state index is 0.221. The van der Waals surface area contributed by atoms with Crippen molar-refractivity contribution in [3.63, 3.8) is 0 Å². The fourth-order valence-corrected chi connectivity index (χ4v) is 3.64. The van der Waals surface area contributed by atoms with Crippen molar-refractivity contribution in [3.05, 3.63) is 34.9 Å². The van der Waals surface area contributed by atoms with Gasteiger partial charge in [0.2, 0.25) is 11.8 Å². The summed E-state index contributed by atoms with van der Waals surface area (Å²) in [5, 5.41) is 5.68. The highest BCUT2D eigenvalue weighted by molar-refractivity contribution is 5.92. The first-order chi connectivity index (χ1) is 15.6. The van der Waals surface area contributed by atoms with Crippen LogP contribution in [0.1, 0.15) is 97.4 Å². The van der Waals surface area contributed by atoms with E-state index in [2.05, 4.69) is 17.6 Å². The molecule has 7 heteroatoms. The number of rotatable bonds is 10. The third-order valence-corrected chi connectivity index (χ3v) is 5.92. The molecule has 0 spiro atoms. The van der Waals surface area contributed by atoms with Crippen LogP contribution in [0.25, 0.3) is 0 Å². The molecule has 0 radical (unpaired) electrons. The predicted molar refractivity (Wildman–Crippen MR) is 137 cm³/mol. The fourth-order valence-electron chi connectivity index (χ4n) is 3.64. The molecule has 0 fully saturated rings. The number of alkyl carbamates (subject to hydrolysis) is 1. The molecule has 7 nitrogen and oxygen atoms in total. The van der Waals surface area contributed by atoms with Crippen LogP contribution in [0, 0.1) is 13.8 Å². The number of carbonyl (C=O) groups is 3. The Balaban J connectivity index is 3.50. The van der Waals surface area contributed by atoms with E-state index in [0.717, 1.165) is 29.5 Å². The van der Waals surface area contributed by atoms with Gasteiger partial charge >= 0.3 is 6.09 Å². The summed E-state index contributed by atoms with van der Waals surface area (Å²) in [7, 11) is 0. The third kappa shape index (κ3) is 8.33. The Morgan fingerprint density at radius 1 is 1.06 bits per heavy atom. The standard InChI is InChI=1S/C27H45N3O4/c1-11-13-16-28-23(31)22(21-17-18(3)14-15-19(21)4)30(27(9,10)12-2)24(32)20(5)29-25(33)34-26(6,7)8/h14-15,17,20,22H,11-13,16H2,1-10H3,(H,28,31)(H,29,33). The second-order valence-corrected chi connectivity index (χ2v) is 10.6. The van der Waals surface area contributed by atoms with Gasteiger partial charge < -0.3 is 20.3 Å². The quantitative estimate of drug-likeness (QED) is 0.456. The van der Waals surface area contributed by atoms with Gasteiger partial charge in [0.25, 0.3) is 0 Å². The van der Waals surface area contributed by atoms with E-state index in [0.29, 0.717) is 13.0 Å². The number of benzene rings is 1. The molecule has 1 aromatic carbocycles. The van der Waals surface area contributed by atoms with Gasteiger partial charge in [-0.3, -0.25) is 9.59 Å². The molecule has 2 N–H and O–H groups in total. The topological polar surface area (TPSA) is 87.7 Å². The van der Waals surface area contributed by atoms with E-state index in [1.165, 1.54) is 0 Å². The van der Waals surface area contributed by atoms with Gasteiger partial charge in [-0.2, -0.15) is 0 Å². The van der Waals surface area contributed by atoms with E-state index < -0.39 is 29.3 Å². The van der Waals surface area contributed by atoms with Crippen LogP contribution in [0.3, 0.4) is 0 Å². The average molecular weight is 476 g/mol. The molecule has 1 aromatic rings. The summed E-state index contributed by atoms with van der Waals surface area (Å²) in [6.07, 6.45) is 1.77. The molecule has 2 unspecified atom stereocenters. The Bertz CT molecular complexity index is 858. The van der Waals surface area contributed by atoms with Crippen molar-refractivity contribution in [2.24, 2.45) is 0 Å². The second-order valence-electron chi connectivity index (χ2n) is 10.6. The van der Waals surface area contributed by atoms with Crippen LogP contribution in [0.2, 0.25) is 0 Å².